The van der Waals surface area contributed by atoms with E-state index >= 15 is 0 Å². The molecular formula is C17H15N3O3. The van der Waals surface area contributed by atoms with E-state index in [0.29, 0.717) is 11.3 Å². The number of fused-ring (bicyclic) bond motifs is 1. The number of esters is 1. The van der Waals surface area contributed by atoms with Crippen LogP contribution in [0.1, 0.15) is 18.6 Å². The third-order valence-electron chi connectivity index (χ3n) is 3.33. The number of benzene rings is 2. The van der Waals surface area contributed by atoms with Crippen LogP contribution in [0.3, 0.4) is 0 Å². The second kappa shape index (κ2) is 6.31. The quantitative estimate of drug-likeness (QED) is 0.726. The molecule has 0 fully saturated rings. The van der Waals surface area contributed by atoms with Crippen molar-refractivity contribution in [2.45, 2.75) is 13.0 Å². The van der Waals surface area contributed by atoms with Crippen LogP contribution in [0.25, 0.3) is 10.9 Å². The van der Waals surface area contributed by atoms with Gasteiger partial charge in [-0.05, 0) is 18.2 Å². The Morgan fingerprint density at radius 2 is 1.96 bits per heavy atom. The van der Waals surface area contributed by atoms with E-state index in [1.165, 1.54) is 6.92 Å². The van der Waals surface area contributed by atoms with Gasteiger partial charge < -0.3 is 10.1 Å². The van der Waals surface area contributed by atoms with Gasteiger partial charge in [-0.15, -0.1) is 0 Å². The summed E-state index contributed by atoms with van der Waals surface area (Å²) < 4.78 is 5.17. The van der Waals surface area contributed by atoms with E-state index in [1.54, 1.807) is 42.6 Å². The van der Waals surface area contributed by atoms with Crippen molar-refractivity contribution in [1.29, 1.82) is 0 Å². The molecule has 0 aliphatic rings. The van der Waals surface area contributed by atoms with Crippen LogP contribution in [0, 0.1) is 0 Å². The molecular weight excluding hydrogens is 294 g/mol. The maximum absolute atomic E-state index is 12.5. The maximum atomic E-state index is 12.5. The monoisotopic (exact) mass is 309 g/mol. The number of amides is 1. The van der Waals surface area contributed by atoms with Crippen molar-refractivity contribution in [3.63, 3.8) is 0 Å². The normalized spacial score (nSPS) is 11.9. The lowest BCUT2D eigenvalue weighted by Crippen LogP contribution is -2.25. The highest BCUT2D eigenvalue weighted by Gasteiger charge is 2.23. The van der Waals surface area contributed by atoms with Crippen LogP contribution in [0.15, 0.2) is 54.7 Å². The molecule has 23 heavy (non-hydrogen) atoms. The van der Waals surface area contributed by atoms with E-state index in [0.717, 1.165) is 10.9 Å². The fourth-order valence-electron chi connectivity index (χ4n) is 2.30. The minimum Gasteiger partial charge on any atom is -0.447 e. The van der Waals surface area contributed by atoms with E-state index in [-0.39, 0.29) is 0 Å². The van der Waals surface area contributed by atoms with E-state index in [1.807, 2.05) is 12.1 Å². The first-order valence-corrected chi connectivity index (χ1v) is 7.09. The molecule has 2 N–H and O–H groups in total. The molecule has 2 aromatic carbocycles. The van der Waals surface area contributed by atoms with Gasteiger partial charge in [-0.1, -0.05) is 30.3 Å². The molecule has 1 atom stereocenters. The zero-order chi connectivity index (χ0) is 16.2. The molecule has 3 rings (SSSR count). The van der Waals surface area contributed by atoms with Crippen LogP contribution < -0.4 is 5.32 Å². The minimum absolute atomic E-state index is 0.408. The summed E-state index contributed by atoms with van der Waals surface area (Å²) >= 11 is 0. The minimum atomic E-state index is -0.992. The summed E-state index contributed by atoms with van der Waals surface area (Å²) in [4.78, 5) is 23.8. The average molecular weight is 309 g/mol. The van der Waals surface area contributed by atoms with Crippen molar-refractivity contribution >= 4 is 28.5 Å². The summed E-state index contributed by atoms with van der Waals surface area (Å²) in [5, 5.41) is 10.4. The lowest BCUT2D eigenvalue weighted by atomic mass is 10.1. The van der Waals surface area contributed by atoms with Crippen molar-refractivity contribution in [2.75, 3.05) is 5.32 Å². The molecule has 3 aromatic rings. The largest absolute Gasteiger partial charge is 0.447 e. The highest BCUT2D eigenvalue weighted by molar-refractivity contribution is 5.97. The highest BCUT2D eigenvalue weighted by Crippen LogP contribution is 2.22. The number of aromatic nitrogens is 2. The van der Waals surface area contributed by atoms with Crippen molar-refractivity contribution in [3.8, 4) is 0 Å². The van der Waals surface area contributed by atoms with Gasteiger partial charge in [0, 0.05) is 23.6 Å². The summed E-state index contributed by atoms with van der Waals surface area (Å²) in [5.74, 6) is -0.923. The molecule has 1 heterocycles. The zero-order valence-corrected chi connectivity index (χ0v) is 12.4. The summed E-state index contributed by atoms with van der Waals surface area (Å²) in [6.45, 7) is 1.28. The zero-order valence-electron chi connectivity index (χ0n) is 12.4. The van der Waals surface area contributed by atoms with Gasteiger partial charge in [0.15, 0.2) is 0 Å². The first-order chi connectivity index (χ1) is 11.1. The predicted molar refractivity (Wildman–Crippen MR) is 85.7 cm³/mol. The first-order valence-electron chi connectivity index (χ1n) is 7.09. The van der Waals surface area contributed by atoms with E-state index in [2.05, 4.69) is 15.5 Å². The average Bonchev–Trinajstić information content (AvgIpc) is 3.01. The van der Waals surface area contributed by atoms with Gasteiger partial charge in [-0.2, -0.15) is 5.10 Å². The van der Waals surface area contributed by atoms with Gasteiger partial charge in [0.2, 0.25) is 6.10 Å². The summed E-state index contributed by atoms with van der Waals surface area (Å²) in [6, 6.07) is 14.3. The number of anilines is 1. The van der Waals surface area contributed by atoms with Crippen LogP contribution in [-0.4, -0.2) is 22.1 Å². The van der Waals surface area contributed by atoms with Crippen molar-refractivity contribution < 1.29 is 14.3 Å². The number of hydrogen-bond donors (Lipinski definition) is 2. The summed E-state index contributed by atoms with van der Waals surface area (Å²) in [5.41, 5.74) is 2.10. The fraction of sp³-hybridized carbons (Fsp3) is 0.118. The third-order valence-corrected chi connectivity index (χ3v) is 3.33. The second-order valence-corrected chi connectivity index (χ2v) is 5.06. The molecule has 6 heteroatoms. The molecule has 0 radical (unpaired) electrons. The number of rotatable bonds is 4. The molecule has 0 saturated carbocycles. The van der Waals surface area contributed by atoms with E-state index in [4.69, 9.17) is 4.74 Å². The highest BCUT2D eigenvalue weighted by atomic mass is 16.5. The number of ether oxygens (including phenoxy) is 1. The Morgan fingerprint density at radius 3 is 2.70 bits per heavy atom. The van der Waals surface area contributed by atoms with E-state index in [9.17, 15) is 9.59 Å². The smallest absolute Gasteiger partial charge is 0.303 e. The van der Waals surface area contributed by atoms with Gasteiger partial charge >= 0.3 is 5.97 Å². The van der Waals surface area contributed by atoms with Crippen molar-refractivity contribution in [1.82, 2.24) is 10.2 Å². The van der Waals surface area contributed by atoms with Gasteiger partial charge in [0.05, 0.1) is 11.7 Å². The van der Waals surface area contributed by atoms with Crippen LogP contribution >= 0.6 is 0 Å². The van der Waals surface area contributed by atoms with Gasteiger partial charge in [-0.25, -0.2) is 0 Å². The Labute approximate surface area is 132 Å². The molecule has 0 aliphatic heterocycles. The van der Waals surface area contributed by atoms with Crippen LogP contribution in [0.5, 0.6) is 0 Å². The lowest BCUT2D eigenvalue weighted by Gasteiger charge is -2.17. The fourth-order valence-corrected chi connectivity index (χ4v) is 2.30. The topological polar surface area (TPSA) is 84.1 Å². The number of carbonyl (C=O) groups is 2. The number of nitrogens with zero attached hydrogens (tertiary/aromatic N) is 1. The number of nitrogens with one attached hydrogen (secondary N) is 2. The summed E-state index contributed by atoms with van der Waals surface area (Å²) in [6.07, 6.45) is 0.680. The number of carbonyl (C=O) groups excluding carboxylic acids is 2. The van der Waals surface area contributed by atoms with Crippen molar-refractivity contribution in [3.05, 3.63) is 60.3 Å². The van der Waals surface area contributed by atoms with Crippen molar-refractivity contribution in [2.24, 2.45) is 0 Å². The van der Waals surface area contributed by atoms with E-state index < -0.39 is 18.0 Å². The van der Waals surface area contributed by atoms with Crippen LogP contribution in [-0.2, 0) is 14.3 Å². The van der Waals surface area contributed by atoms with Gasteiger partial charge in [0.1, 0.15) is 0 Å². The Morgan fingerprint density at radius 1 is 1.17 bits per heavy atom. The van der Waals surface area contributed by atoms with Crippen LogP contribution in [0.4, 0.5) is 5.69 Å². The molecule has 1 amide bonds. The number of H-pyrrole nitrogens is 1. The second-order valence-electron chi connectivity index (χ2n) is 5.06. The molecule has 116 valence electrons. The van der Waals surface area contributed by atoms with Gasteiger partial charge in [0.25, 0.3) is 5.91 Å². The molecule has 0 bridgehead atoms. The first kappa shape index (κ1) is 14.8. The molecule has 1 aromatic heterocycles. The number of hydrogen-bond acceptors (Lipinski definition) is 4. The third kappa shape index (κ3) is 3.37. The Kier molecular flexibility index (Phi) is 4.05. The Hall–Kier alpha value is -3.15. The Bertz CT molecular complexity index is 842. The van der Waals surface area contributed by atoms with Crippen LogP contribution in [0.2, 0.25) is 0 Å². The van der Waals surface area contributed by atoms with Gasteiger partial charge in [-0.3, -0.25) is 14.7 Å². The molecule has 0 aliphatic carbocycles. The lowest BCUT2D eigenvalue weighted by molar-refractivity contribution is -0.152. The summed E-state index contributed by atoms with van der Waals surface area (Å²) in [7, 11) is 0. The molecule has 1 unspecified atom stereocenters. The molecule has 0 spiro atoms. The number of aromatic amines is 1. The Balaban J connectivity index is 1.84. The standard InChI is InChI=1S/C17H15N3O3/c1-11(21)23-16(12-5-3-2-4-6-12)17(22)19-14-7-8-15-13(9-14)10-18-20-15/h2-10,16H,1H3,(H,18,20)(H,19,22). The SMILES string of the molecule is CC(=O)OC(C(=O)Nc1ccc2[nH]ncc2c1)c1ccccc1. The molecule has 0 saturated heterocycles. The molecule has 6 nitrogen and oxygen atoms in total. The maximum Gasteiger partial charge on any atom is 0.303 e. The predicted octanol–water partition coefficient (Wildman–Crippen LogP) is 2.81.